The smallest absolute Gasteiger partial charge is 0.475 e. The van der Waals surface area contributed by atoms with Crippen LogP contribution in [-0.2, 0) is 36.9 Å². The van der Waals surface area contributed by atoms with Crippen LogP contribution in [0, 0.1) is 5.92 Å². The molecule has 3 unspecified atom stereocenters. The molecular weight excluding hydrogens is 909 g/mol. The van der Waals surface area contributed by atoms with Gasteiger partial charge >= 0.3 is 36.4 Å². The van der Waals surface area contributed by atoms with Crippen molar-refractivity contribution < 1.29 is 78.8 Å². The SMILES string of the molecule is CCN(CC)CC(C1CCCCC1)N1CCN(C(=O)C(Cc2ccc(Cl)cc2)NC(=O)CC2c3ccccc3CN2C)CC1.O=C(O)C(F)(F)F.O=C(O)C(F)(F)F.O=C(O)C(F)(F)F. The first-order chi connectivity index (χ1) is 30.2. The Balaban J connectivity index is 0.000000571. The number of carbonyl (C=O) groups is 5. The summed E-state index contributed by atoms with van der Waals surface area (Å²) in [6.07, 6.45) is -7.78. The van der Waals surface area contributed by atoms with Gasteiger partial charge in [-0.25, -0.2) is 14.4 Å². The minimum atomic E-state index is -5.08. The molecule has 65 heavy (non-hydrogen) atoms. The van der Waals surface area contributed by atoms with Gasteiger partial charge in [-0.1, -0.05) is 81.1 Å². The van der Waals surface area contributed by atoms with Crippen molar-refractivity contribution in [2.24, 2.45) is 5.92 Å². The minimum Gasteiger partial charge on any atom is -0.475 e. The molecule has 13 nitrogen and oxygen atoms in total. The molecule has 2 aromatic rings. The van der Waals surface area contributed by atoms with Crippen LogP contribution in [0.4, 0.5) is 39.5 Å². The van der Waals surface area contributed by atoms with Crippen molar-refractivity contribution in [1.82, 2.24) is 24.9 Å². The molecule has 1 saturated heterocycles. The molecule has 1 saturated carbocycles. The van der Waals surface area contributed by atoms with Crippen molar-refractivity contribution in [3.05, 3.63) is 70.2 Å². The standard InChI is InChI=1S/C36H52ClN5O2.3C2HF3O2/c1-4-40(5-2)26-34(28-11-7-6-8-12-28)41-19-21-42(22-20-41)36(44)32(23-27-15-17-30(37)18-16-27)38-35(43)24-33-31-14-10-9-13-29(31)25-39(33)3;3*3-2(4,5)1(6)7/h9-10,13-18,28,32-34H,4-8,11-12,19-26H2,1-3H3,(H,38,43);3*(H,6,7). The van der Waals surface area contributed by atoms with Crippen LogP contribution in [0.2, 0.25) is 5.02 Å². The number of carboxylic acids is 3. The van der Waals surface area contributed by atoms with Crippen molar-refractivity contribution in [3.63, 3.8) is 0 Å². The molecule has 23 heteroatoms. The number of nitrogens with zero attached hydrogens (tertiary/aromatic N) is 4. The monoisotopic (exact) mass is 963 g/mol. The summed E-state index contributed by atoms with van der Waals surface area (Å²) in [6, 6.07) is 15.9. The lowest BCUT2D eigenvalue weighted by molar-refractivity contribution is -0.193. The molecule has 2 amide bonds. The Hall–Kier alpha value is -4.67. The Kier molecular flexibility index (Phi) is 22.5. The van der Waals surface area contributed by atoms with E-state index in [1.54, 1.807) is 0 Å². The van der Waals surface area contributed by atoms with Gasteiger partial charge in [0, 0.05) is 69.2 Å². The molecule has 0 bridgehead atoms. The summed E-state index contributed by atoms with van der Waals surface area (Å²) in [5.74, 6) is -7.60. The fraction of sp³-hybridized carbons (Fsp3) is 0.595. The molecule has 0 aromatic heterocycles. The maximum atomic E-state index is 14.1. The van der Waals surface area contributed by atoms with E-state index in [-0.39, 0.29) is 17.9 Å². The van der Waals surface area contributed by atoms with E-state index in [0.717, 1.165) is 50.7 Å². The molecular formula is C42H55ClF9N5O8. The number of likely N-dealkylation sites (N-methyl/N-ethyl adjacent to an activating group) is 1. The Bertz CT molecular complexity index is 1780. The van der Waals surface area contributed by atoms with Crippen LogP contribution < -0.4 is 5.32 Å². The molecule has 2 aromatic carbocycles. The molecule has 366 valence electrons. The zero-order valence-corrected chi connectivity index (χ0v) is 36.7. The van der Waals surface area contributed by atoms with Crippen molar-refractivity contribution in [3.8, 4) is 0 Å². The van der Waals surface area contributed by atoms with Crippen LogP contribution in [0.1, 0.15) is 75.1 Å². The largest absolute Gasteiger partial charge is 0.490 e. The third-order valence-corrected chi connectivity index (χ3v) is 11.3. The van der Waals surface area contributed by atoms with E-state index in [2.05, 4.69) is 59.1 Å². The third kappa shape index (κ3) is 19.4. The number of piperazine rings is 1. The van der Waals surface area contributed by atoms with E-state index in [9.17, 15) is 49.1 Å². The first-order valence-electron chi connectivity index (χ1n) is 20.7. The average Bonchev–Trinajstić information content (AvgIpc) is 3.55. The van der Waals surface area contributed by atoms with Gasteiger partial charge in [-0.3, -0.25) is 19.4 Å². The highest BCUT2D eigenvalue weighted by molar-refractivity contribution is 6.30. The fourth-order valence-corrected chi connectivity index (χ4v) is 7.82. The average molecular weight is 964 g/mol. The second-order valence-corrected chi connectivity index (χ2v) is 15.9. The highest BCUT2D eigenvalue weighted by Crippen LogP contribution is 2.35. The van der Waals surface area contributed by atoms with Crippen LogP contribution in [0.25, 0.3) is 0 Å². The minimum absolute atomic E-state index is 0.0172. The van der Waals surface area contributed by atoms with E-state index in [1.807, 2.05) is 35.2 Å². The summed E-state index contributed by atoms with van der Waals surface area (Å²) >= 11 is 6.15. The topological polar surface area (TPSA) is 171 Å². The van der Waals surface area contributed by atoms with Crippen LogP contribution in [-0.4, -0.2) is 148 Å². The van der Waals surface area contributed by atoms with Crippen molar-refractivity contribution >= 4 is 41.3 Å². The van der Waals surface area contributed by atoms with Crippen molar-refractivity contribution in [2.45, 2.75) is 102 Å². The Morgan fingerprint density at radius 1 is 0.754 bits per heavy atom. The summed E-state index contributed by atoms with van der Waals surface area (Å²) in [5.41, 5.74) is 3.47. The number of fused-ring (bicyclic) bond motifs is 1. The van der Waals surface area contributed by atoms with Crippen LogP contribution >= 0.6 is 11.6 Å². The number of carboxylic acid groups (broad SMARTS) is 3. The highest BCUT2D eigenvalue weighted by atomic mass is 35.5. The molecule has 0 spiro atoms. The van der Waals surface area contributed by atoms with Crippen LogP contribution in [0.5, 0.6) is 0 Å². The third-order valence-electron chi connectivity index (χ3n) is 11.1. The van der Waals surface area contributed by atoms with Crippen molar-refractivity contribution in [1.29, 1.82) is 0 Å². The number of benzene rings is 2. The lowest BCUT2D eigenvalue weighted by atomic mass is 9.82. The number of carbonyl (C=O) groups excluding carboxylic acids is 2. The number of nitrogens with one attached hydrogen (secondary N) is 1. The molecule has 2 fully saturated rings. The second kappa shape index (κ2) is 25.9. The number of amides is 2. The molecule has 3 aliphatic rings. The molecule has 2 heterocycles. The quantitative estimate of drug-likeness (QED) is 0.158. The van der Waals surface area contributed by atoms with Gasteiger partial charge in [-0.2, -0.15) is 39.5 Å². The summed E-state index contributed by atoms with van der Waals surface area (Å²) in [6.45, 7) is 11.8. The predicted molar refractivity (Wildman–Crippen MR) is 220 cm³/mol. The van der Waals surface area contributed by atoms with E-state index in [1.165, 1.54) is 43.2 Å². The summed E-state index contributed by atoms with van der Waals surface area (Å²) in [5, 5.41) is 25.2. The molecule has 1 aliphatic carbocycles. The Morgan fingerprint density at radius 2 is 1.23 bits per heavy atom. The normalized spacial score (nSPS) is 18.1. The van der Waals surface area contributed by atoms with Gasteiger partial charge in [0.15, 0.2) is 0 Å². The van der Waals surface area contributed by atoms with Gasteiger partial charge in [0.1, 0.15) is 6.04 Å². The lowest BCUT2D eigenvalue weighted by Crippen LogP contribution is -2.59. The van der Waals surface area contributed by atoms with Gasteiger partial charge in [0.2, 0.25) is 11.8 Å². The van der Waals surface area contributed by atoms with Gasteiger partial charge in [0.05, 0.1) is 0 Å². The number of rotatable bonds is 12. The van der Waals surface area contributed by atoms with E-state index in [0.29, 0.717) is 37.0 Å². The van der Waals surface area contributed by atoms with Gasteiger partial charge in [-0.05, 0) is 67.7 Å². The Labute approximate surface area is 375 Å². The number of alkyl halides is 9. The first-order valence-corrected chi connectivity index (χ1v) is 21.0. The lowest BCUT2D eigenvalue weighted by Gasteiger charge is -2.45. The molecule has 4 N–H and O–H groups in total. The first kappa shape index (κ1) is 56.5. The number of aliphatic carboxylic acids is 3. The Morgan fingerprint density at radius 3 is 1.69 bits per heavy atom. The van der Waals surface area contributed by atoms with Crippen LogP contribution in [0.15, 0.2) is 48.5 Å². The van der Waals surface area contributed by atoms with Gasteiger partial charge in [0.25, 0.3) is 0 Å². The van der Waals surface area contributed by atoms with Crippen LogP contribution in [0.3, 0.4) is 0 Å². The maximum Gasteiger partial charge on any atom is 0.490 e. The zero-order valence-electron chi connectivity index (χ0n) is 36.0. The highest BCUT2D eigenvalue weighted by Gasteiger charge is 2.40. The van der Waals surface area contributed by atoms with E-state index < -0.39 is 42.5 Å². The van der Waals surface area contributed by atoms with Crippen molar-refractivity contribution in [2.75, 3.05) is 52.9 Å². The molecule has 2 aliphatic heterocycles. The zero-order chi connectivity index (χ0) is 49.3. The fourth-order valence-electron chi connectivity index (χ4n) is 7.69. The summed E-state index contributed by atoms with van der Waals surface area (Å²) < 4.78 is 95.2. The predicted octanol–water partition coefficient (Wildman–Crippen LogP) is 7.28. The number of halogens is 10. The summed E-state index contributed by atoms with van der Waals surface area (Å²) in [4.78, 5) is 63.8. The molecule has 5 rings (SSSR count). The number of hydrogen-bond acceptors (Lipinski definition) is 8. The van der Waals surface area contributed by atoms with E-state index >= 15 is 0 Å². The molecule has 0 radical (unpaired) electrons. The van der Waals surface area contributed by atoms with E-state index in [4.69, 9.17) is 41.3 Å². The second-order valence-electron chi connectivity index (χ2n) is 15.5. The number of hydrogen-bond donors (Lipinski definition) is 4. The molecule has 3 atom stereocenters. The maximum absolute atomic E-state index is 14.1. The van der Waals surface area contributed by atoms with Gasteiger partial charge < -0.3 is 30.4 Å². The summed E-state index contributed by atoms with van der Waals surface area (Å²) in [7, 11) is 2.06. The van der Waals surface area contributed by atoms with Gasteiger partial charge in [-0.15, -0.1) is 0 Å².